The summed E-state index contributed by atoms with van der Waals surface area (Å²) in [5.74, 6) is -1.38. The highest BCUT2D eigenvalue weighted by Crippen LogP contribution is 2.40. The topological polar surface area (TPSA) is 111 Å². The number of unbranched alkanes of at least 4 members (excludes halogenated alkanes) is 4. The maximum Gasteiger partial charge on any atom is 0.321 e. The van der Waals surface area contributed by atoms with E-state index in [1.165, 1.54) is 7.11 Å². The van der Waals surface area contributed by atoms with E-state index in [2.05, 4.69) is 37.9 Å². The van der Waals surface area contributed by atoms with Crippen molar-refractivity contribution in [3.63, 3.8) is 0 Å². The molecule has 50 heavy (non-hydrogen) atoms. The van der Waals surface area contributed by atoms with Gasteiger partial charge in [-0.1, -0.05) is 83.2 Å². The minimum atomic E-state index is -1.02. The Morgan fingerprint density at radius 1 is 0.800 bits per heavy atom. The molecule has 1 aliphatic rings. The third-order valence-electron chi connectivity index (χ3n) is 8.96. The molecule has 0 aliphatic carbocycles. The second-order valence-electron chi connectivity index (χ2n) is 13.0. The van der Waals surface area contributed by atoms with E-state index >= 15 is 0 Å². The molecule has 0 bridgehead atoms. The second kappa shape index (κ2) is 21.0. The van der Waals surface area contributed by atoms with Gasteiger partial charge in [0, 0.05) is 31.5 Å². The van der Waals surface area contributed by atoms with Gasteiger partial charge in [-0.3, -0.25) is 4.79 Å². The van der Waals surface area contributed by atoms with Crippen LogP contribution in [0.1, 0.15) is 114 Å². The van der Waals surface area contributed by atoms with Gasteiger partial charge >= 0.3 is 5.97 Å². The molecule has 1 fully saturated rings. The maximum absolute atomic E-state index is 13.5. The number of halogens is 1. The van der Waals surface area contributed by atoms with Crippen LogP contribution in [0.15, 0.2) is 36.4 Å². The van der Waals surface area contributed by atoms with Crippen molar-refractivity contribution in [2.45, 2.75) is 122 Å². The van der Waals surface area contributed by atoms with E-state index in [4.69, 9.17) is 45.0 Å². The van der Waals surface area contributed by atoms with Crippen LogP contribution in [0.2, 0.25) is 5.02 Å². The van der Waals surface area contributed by atoms with E-state index in [-0.39, 0.29) is 5.82 Å². The zero-order chi connectivity index (χ0) is 35.9. The molecule has 3 aromatic rings. The number of benzene rings is 2. The molecule has 0 N–H and O–H groups in total. The number of esters is 1. The number of aryl methyl sites for hydroxylation is 1. The number of ether oxygens (including phenoxy) is 6. The van der Waals surface area contributed by atoms with Crippen LogP contribution in [0, 0.1) is 6.92 Å². The Morgan fingerprint density at radius 2 is 1.44 bits per heavy atom. The first kappa shape index (κ1) is 40.0. The van der Waals surface area contributed by atoms with Crippen LogP contribution in [-0.2, 0) is 33.2 Å². The lowest BCUT2D eigenvalue weighted by Gasteiger charge is -2.46. The fraction of sp³-hybridized carbons (Fsp3) is 0.641. The molecular formula is C39H56ClN3O7. The number of methoxy groups -OCH3 is 1. The first-order valence-electron chi connectivity index (χ1n) is 18.4. The van der Waals surface area contributed by atoms with Crippen LogP contribution >= 0.6 is 11.6 Å². The highest BCUT2D eigenvalue weighted by molar-refractivity contribution is 6.31. The Bertz CT molecular complexity index is 1480. The van der Waals surface area contributed by atoms with Gasteiger partial charge in [0.05, 0.1) is 19.2 Å². The number of carbonyl (C=O) groups is 1. The molecule has 2 aromatic carbocycles. The Labute approximate surface area is 302 Å². The molecule has 1 unspecified atom stereocenters. The van der Waals surface area contributed by atoms with Gasteiger partial charge in [-0.15, -0.1) is 10.2 Å². The summed E-state index contributed by atoms with van der Waals surface area (Å²) in [4.78, 5) is 18.2. The number of carbonyl (C=O) groups excluding carboxylic acids is 1. The predicted octanol–water partition coefficient (Wildman–Crippen LogP) is 8.10. The molecule has 10 nitrogen and oxygen atoms in total. The summed E-state index contributed by atoms with van der Waals surface area (Å²) < 4.78 is 38.3. The van der Waals surface area contributed by atoms with E-state index in [0.29, 0.717) is 54.7 Å². The monoisotopic (exact) mass is 713 g/mol. The number of fused-ring (bicyclic) bond motifs is 1. The van der Waals surface area contributed by atoms with Crippen molar-refractivity contribution in [2.75, 3.05) is 40.1 Å². The summed E-state index contributed by atoms with van der Waals surface area (Å²) >= 11 is 6.87. The van der Waals surface area contributed by atoms with Gasteiger partial charge < -0.3 is 28.4 Å². The molecular weight excluding hydrogens is 658 g/mol. The van der Waals surface area contributed by atoms with Crippen LogP contribution in [0.4, 0.5) is 0 Å². The zero-order valence-electron chi connectivity index (χ0n) is 30.7. The van der Waals surface area contributed by atoms with Crippen molar-refractivity contribution in [3.05, 3.63) is 63.9 Å². The van der Waals surface area contributed by atoms with Crippen molar-refractivity contribution >= 4 is 28.6 Å². The Kier molecular flexibility index (Phi) is 16.8. The summed E-state index contributed by atoms with van der Waals surface area (Å²) in [5.41, 5.74) is 3.55. The van der Waals surface area contributed by atoms with E-state index in [1.807, 2.05) is 37.3 Å². The molecule has 2 heterocycles. The number of hydrogen-bond donors (Lipinski definition) is 0. The first-order chi connectivity index (χ1) is 24.4. The smallest absolute Gasteiger partial charge is 0.321 e. The maximum atomic E-state index is 13.5. The molecule has 6 atom stereocenters. The lowest BCUT2D eigenvalue weighted by molar-refractivity contribution is -0.268. The molecule has 276 valence electrons. The third kappa shape index (κ3) is 10.7. The van der Waals surface area contributed by atoms with Gasteiger partial charge in [0.25, 0.3) is 0 Å². The quantitative estimate of drug-likeness (QED) is 0.0793. The van der Waals surface area contributed by atoms with Gasteiger partial charge in [0.1, 0.15) is 42.0 Å². The first-order valence-corrected chi connectivity index (χ1v) is 18.8. The van der Waals surface area contributed by atoms with Crippen molar-refractivity contribution in [3.8, 4) is 0 Å². The molecule has 4 rings (SSSR count). The number of aromatic nitrogens is 3. The minimum Gasteiger partial charge on any atom is -0.468 e. The number of hydrogen-bond acceptors (Lipinski definition) is 10. The summed E-state index contributed by atoms with van der Waals surface area (Å²) in [6.45, 7) is 13.2. The number of rotatable bonds is 21. The van der Waals surface area contributed by atoms with E-state index in [0.717, 1.165) is 62.5 Å². The van der Waals surface area contributed by atoms with Gasteiger partial charge in [0.15, 0.2) is 5.82 Å². The number of nitrogens with zero attached hydrogens (tertiary/aromatic N) is 3. The molecule has 1 saturated heterocycles. The Balaban J connectivity index is 1.79. The third-order valence-corrected chi connectivity index (χ3v) is 9.31. The molecule has 0 amide bonds. The molecule has 0 spiro atoms. The summed E-state index contributed by atoms with van der Waals surface area (Å²) in [6.07, 6.45) is 5.41. The van der Waals surface area contributed by atoms with Crippen LogP contribution in [0.25, 0.3) is 11.0 Å². The molecule has 1 aromatic heterocycles. The minimum absolute atomic E-state index is 0.194. The highest BCUT2D eigenvalue weighted by atomic mass is 35.5. The average molecular weight is 714 g/mol. The normalized spacial score (nSPS) is 21.4. The van der Waals surface area contributed by atoms with Crippen LogP contribution in [0.3, 0.4) is 0 Å². The second-order valence-corrected chi connectivity index (χ2v) is 13.4. The van der Waals surface area contributed by atoms with E-state index < -0.39 is 42.4 Å². The fourth-order valence-corrected chi connectivity index (χ4v) is 6.29. The van der Waals surface area contributed by atoms with Gasteiger partial charge in [-0.25, -0.2) is 4.98 Å². The largest absolute Gasteiger partial charge is 0.468 e. The van der Waals surface area contributed by atoms with Crippen LogP contribution in [0.5, 0.6) is 0 Å². The van der Waals surface area contributed by atoms with Crippen molar-refractivity contribution < 1.29 is 33.2 Å². The molecule has 0 saturated carbocycles. The highest BCUT2D eigenvalue weighted by Gasteiger charge is 2.49. The van der Waals surface area contributed by atoms with Gasteiger partial charge in [-0.05, 0) is 67.5 Å². The van der Waals surface area contributed by atoms with Gasteiger partial charge in [-0.2, -0.15) is 0 Å². The molecule has 1 aliphatic heterocycles. The summed E-state index contributed by atoms with van der Waals surface area (Å²) in [7, 11) is 1.34. The predicted molar refractivity (Wildman–Crippen MR) is 195 cm³/mol. The van der Waals surface area contributed by atoms with Gasteiger partial charge in [0.2, 0.25) is 0 Å². The Morgan fingerprint density at radius 3 is 2.10 bits per heavy atom. The zero-order valence-corrected chi connectivity index (χ0v) is 31.5. The average Bonchev–Trinajstić information content (AvgIpc) is 3.12. The van der Waals surface area contributed by atoms with Crippen LogP contribution in [-0.4, -0.2) is 85.7 Å². The standard InChI is InChI=1S/C39H56ClN3O7/c1-7-11-19-46-25-32-35(47-20-12-8-2)37(49-22-14-10-4)36(48-21-13-9-3)34(50-32)27-16-17-29(40)28(24-27)33(39(44)45-6)38-41-30-18-15-26(5)23-31(30)42-43-38/h15-18,23-24,32-37H,7-14,19-22,25H2,1-6H3/t32-,33?,34+,35-,36+,37+/m1/s1. The fourth-order valence-electron chi connectivity index (χ4n) is 6.06. The van der Waals surface area contributed by atoms with E-state index in [9.17, 15) is 4.79 Å². The van der Waals surface area contributed by atoms with E-state index in [1.54, 1.807) is 6.07 Å². The van der Waals surface area contributed by atoms with Crippen molar-refractivity contribution in [1.82, 2.24) is 15.2 Å². The van der Waals surface area contributed by atoms with Crippen LogP contribution < -0.4 is 0 Å². The molecule has 0 radical (unpaired) electrons. The SMILES string of the molecule is CCCCOC[C@H]1O[C@@H](c2ccc(Cl)c(C(C(=O)OC)c3nnc4cc(C)ccc4n3)c2)[C@H](OCCCC)[C@@H](OCCCC)[C@@H]1OCCCC. The lowest BCUT2D eigenvalue weighted by Crippen LogP contribution is -2.58. The van der Waals surface area contributed by atoms with Crippen molar-refractivity contribution in [2.24, 2.45) is 0 Å². The lowest BCUT2D eigenvalue weighted by atomic mass is 9.88. The summed E-state index contributed by atoms with van der Waals surface area (Å²) in [5, 5.41) is 9.12. The van der Waals surface area contributed by atoms with Crippen molar-refractivity contribution in [1.29, 1.82) is 0 Å². The molecule has 11 heteroatoms. The summed E-state index contributed by atoms with van der Waals surface area (Å²) in [6, 6.07) is 11.3. The Hall–Kier alpha value is -2.73.